The molecule has 2 atom stereocenters. The molecule has 0 spiro atoms. The summed E-state index contributed by atoms with van der Waals surface area (Å²) in [5.74, 6) is -0.0702. The fourth-order valence-electron chi connectivity index (χ4n) is 3.13. The van der Waals surface area contributed by atoms with Crippen molar-refractivity contribution < 1.29 is 9.13 Å². The molecule has 0 aromatic heterocycles. The molecule has 1 saturated heterocycles. The molecule has 0 amide bonds. The lowest BCUT2D eigenvalue weighted by molar-refractivity contribution is 0.0984. The molecule has 0 saturated carbocycles. The number of methoxy groups -OCH3 is 1. The summed E-state index contributed by atoms with van der Waals surface area (Å²) in [5.41, 5.74) is 6.77. The average Bonchev–Trinajstić information content (AvgIpc) is 3.00. The lowest BCUT2D eigenvalue weighted by Crippen LogP contribution is -2.52. The first-order chi connectivity index (χ1) is 9.54. The first-order valence-electron chi connectivity index (χ1n) is 7.37. The van der Waals surface area contributed by atoms with Crippen LogP contribution in [0, 0.1) is 5.82 Å². The van der Waals surface area contributed by atoms with Crippen LogP contribution in [-0.2, 0) is 0 Å². The third-order valence-electron chi connectivity index (χ3n) is 4.76. The van der Waals surface area contributed by atoms with E-state index in [0.717, 1.165) is 19.5 Å². The number of halogens is 1. The summed E-state index contributed by atoms with van der Waals surface area (Å²) in [6.45, 7) is 6.35. The van der Waals surface area contributed by atoms with E-state index < -0.39 is 0 Å². The van der Waals surface area contributed by atoms with Gasteiger partial charge in [0.15, 0.2) is 11.6 Å². The summed E-state index contributed by atoms with van der Waals surface area (Å²) < 4.78 is 19.5. The van der Waals surface area contributed by atoms with Gasteiger partial charge in [0.2, 0.25) is 0 Å². The van der Waals surface area contributed by atoms with Gasteiger partial charge in [-0.3, -0.25) is 4.90 Å². The third kappa shape index (κ3) is 2.54. The van der Waals surface area contributed by atoms with Gasteiger partial charge in [0.1, 0.15) is 0 Å². The molecule has 112 valence electrons. The molecule has 0 radical (unpaired) electrons. The number of likely N-dealkylation sites (tertiary alicyclic amines) is 1. The summed E-state index contributed by atoms with van der Waals surface area (Å²) >= 11 is 0. The van der Waals surface area contributed by atoms with Crippen LogP contribution in [0.5, 0.6) is 5.75 Å². The molecule has 1 aliphatic rings. The Bertz CT molecular complexity index is 460. The minimum atomic E-state index is -0.360. The van der Waals surface area contributed by atoms with Gasteiger partial charge >= 0.3 is 0 Å². The van der Waals surface area contributed by atoms with E-state index >= 15 is 0 Å². The number of hydrogen-bond donors (Lipinski definition) is 1. The smallest absolute Gasteiger partial charge is 0.169 e. The summed E-state index contributed by atoms with van der Waals surface area (Å²) in [5, 5.41) is 0. The molecule has 2 rings (SSSR count). The van der Waals surface area contributed by atoms with E-state index in [9.17, 15) is 4.39 Å². The molecular weight excluding hydrogens is 255 g/mol. The van der Waals surface area contributed by atoms with Gasteiger partial charge < -0.3 is 10.5 Å². The maximum atomic E-state index is 14.5. The Morgan fingerprint density at radius 2 is 2.05 bits per heavy atom. The zero-order chi connectivity index (χ0) is 14.8. The predicted octanol–water partition coefficient (Wildman–Crippen LogP) is 3.10. The highest BCUT2D eigenvalue weighted by Crippen LogP contribution is 2.37. The summed E-state index contributed by atoms with van der Waals surface area (Å²) in [6, 6.07) is 4.84. The maximum Gasteiger partial charge on any atom is 0.169 e. The highest BCUT2D eigenvalue weighted by Gasteiger charge is 2.39. The van der Waals surface area contributed by atoms with Crippen LogP contribution in [0.2, 0.25) is 0 Å². The van der Waals surface area contributed by atoms with Crippen molar-refractivity contribution in [1.29, 1.82) is 0 Å². The SMILES string of the molecule is CCC(C)(C(N)c1cccc(OC)c1F)N1CCCC1. The Morgan fingerprint density at radius 1 is 1.40 bits per heavy atom. The topological polar surface area (TPSA) is 38.5 Å². The molecule has 1 fully saturated rings. The molecule has 0 aliphatic carbocycles. The van der Waals surface area contributed by atoms with Crippen molar-refractivity contribution >= 4 is 0 Å². The first kappa shape index (κ1) is 15.3. The van der Waals surface area contributed by atoms with Gasteiger partial charge in [-0.1, -0.05) is 19.1 Å². The Kier molecular flexibility index (Phi) is 4.66. The fourth-order valence-corrected chi connectivity index (χ4v) is 3.13. The number of rotatable bonds is 5. The van der Waals surface area contributed by atoms with E-state index in [4.69, 9.17) is 10.5 Å². The normalized spacial score (nSPS) is 20.6. The fraction of sp³-hybridized carbons (Fsp3) is 0.625. The van der Waals surface area contributed by atoms with E-state index in [2.05, 4.69) is 18.7 Å². The second-order valence-corrected chi connectivity index (χ2v) is 5.75. The van der Waals surface area contributed by atoms with E-state index in [1.165, 1.54) is 20.0 Å². The van der Waals surface area contributed by atoms with Crippen molar-refractivity contribution in [2.45, 2.75) is 44.7 Å². The zero-order valence-corrected chi connectivity index (χ0v) is 12.7. The highest BCUT2D eigenvalue weighted by atomic mass is 19.1. The van der Waals surface area contributed by atoms with Gasteiger partial charge in [0.05, 0.1) is 13.2 Å². The Hall–Kier alpha value is -1.13. The van der Waals surface area contributed by atoms with Gasteiger partial charge in [-0.15, -0.1) is 0 Å². The van der Waals surface area contributed by atoms with Gasteiger partial charge in [0.25, 0.3) is 0 Å². The van der Waals surface area contributed by atoms with E-state index in [1.54, 1.807) is 18.2 Å². The van der Waals surface area contributed by atoms with Crippen LogP contribution in [0.4, 0.5) is 4.39 Å². The van der Waals surface area contributed by atoms with Crippen molar-refractivity contribution in [3.05, 3.63) is 29.6 Å². The number of hydrogen-bond acceptors (Lipinski definition) is 3. The second kappa shape index (κ2) is 6.10. The summed E-state index contributed by atoms with van der Waals surface area (Å²) in [4.78, 5) is 2.40. The van der Waals surface area contributed by atoms with Gasteiger partial charge in [-0.25, -0.2) is 4.39 Å². The molecule has 1 aromatic carbocycles. The van der Waals surface area contributed by atoms with Crippen molar-refractivity contribution in [2.75, 3.05) is 20.2 Å². The van der Waals surface area contributed by atoms with Crippen LogP contribution in [0.1, 0.15) is 44.7 Å². The standard InChI is InChI=1S/C16H25FN2O/c1-4-16(2,19-10-5-6-11-19)15(18)12-8-7-9-13(20-3)14(12)17/h7-9,15H,4-6,10-11,18H2,1-3H3. The summed E-state index contributed by atoms with van der Waals surface area (Å²) in [6.07, 6.45) is 3.29. The van der Waals surface area contributed by atoms with E-state index in [0.29, 0.717) is 5.56 Å². The molecule has 1 aromatic rings. The molecule has 2 N–H and O–H groups in total. The van der Waals surface area contributed by atoms with Crippen LogP contribution in [0.25, 0.3) is 0 Å². The Labute approximate surface area is 120 Å². The van der Waals surface area contributed by atoms with Crippen LogP contribution < -0.4 is 10.5 Å². The molecule has 1 heterocycles. The minimum absolute atomic E-state index is 0.219. The largest absolute Gasteiger partial charge is 0.494 e. The average molecular weight is 280 g/mol. The zero-order valence-electron chi connectivity index (χ0n) is 12.7. The lowest BCUT2D eigenvalue weighted by Gasteiger charge is -2.43. The summed E-state index contributed by atoms with van der Waals surface area (Å²) in [7, 11) is 1.48. The maximum absolute atomic E-state index is 14.5. The van der Waals surface area contributed by atoms with Crippen LogP contribution in [0.15, 0.2) is 18.2 Å². The van der Waals surface area contributed by atoms with Crippen LogP contribution in [0.3, 0.4) is 0 Å². The van der Waals surface area contributed by atoms with E-state index in [-0.39, 0.29) is 23.1 Å². The minimum Gasteiger partial charge on any atom is -0.494 e. The lowest BCUT2D eigenvalue weighted by atomic mass is 9.83. The van der Waals surface area contributed by atoms with Crippen LogP contribution >= 0.6 is 0 Å². The van der Waals surface area contributed by atoms with Crippen molar-refractivity contribution in [3.8, 4) is 5.75 Å². The molecule has 3 nitrogen and oxygen atoms in total. The van der Waals surface area contributed by atoms with Gasteiger partial charge in [-0.05, 0) is 45.3 Å². The van der Waals surface area contributed by atoms with Crippen molar-refractivity contribution in [2.24, 2.45) is 5.73 Å². The number of nitrogens with zero attached hydrogens (tertiary/aromatic N) is 1. The van der Waals surface area contributed by atoms with Crippen molar-refractivity contribution in [3.63, 3.8) is 0 Å². The third-order valence-corrected chi connectivity index (χ3v) is 4.76. The molecule has 0 bridgehead atoms. The quantitative estimate of drug-likeness (QED) is 0.900. The van der Waals surface area contributed by atoms with Gasteiger partial charge in [-0.2, -0.15) is 0 Å². The molecule has 2 unspecified atom stereocenters. The molecular formula is C16H25FN2O. The monoisotopic (exact) mass is 280 g/mol. The second-order valence-electron chi connectivity index (χ2n) is 5.75. The molecule has 1 aliphatic heterocycles. The Morgan fingerprint density at radius 3 is 2.60 bits per heavy atom. The highest BCUT2D eigenvalue weighted by molar-refractivity contribution is 5.34. The molecule has 20 heavy (non-hydrogen) atoms. The number of benzene rings is 1. The van der Waals surface area contributed by atoms with E-state index in [1.807, 2.05) is 0 Å². The van der Waals surface area contributed by atoms with Crippen molar-refractivity contribution in [1.82, 2.24) is 4.90 Å². The molecule has 4 heteroatoms. The number of ether oxygens (including phenoxy) is 1. The van der Waals surface area contributed by atoms with Crippen LogP contribution in [-0.4, -0.2) is 30.6 Å². The Balaban J connectivity index is 2.35. The van der Waals surface area contributed by atoms with Gasteiger partial charge in [0, 0.05) is 11.1 Å². The predicted molar refractivity (Wildman–Crippen MR) is 79.4 cm³/mol. The first-order valence-corrected chi connectivity index (χ1v) is 7.37. The number of nitrogens with two attached hydrogens (primary N) is 1.